The maximum absolute atomic E-state index is 12.7. The first-order chi connectivity index (χ1) is 17.0. The molecule has 184 valence electrons. The van der Waals surface area contributed by atoms with Gasteiger partial charge in [0.2, 0.25) is 0 Å². The van der Waals surface area contributed by atoms with Crippen molar-refractivity contribution in [1.82, 2.24) is 9.80 Å². The Balaban J connectivity index is 1.29. The third-order valence-corrected chi connectivity index (χ3v) is 6.33. The molecule has 0 spiro atoms. The highest BCUT2D eigenvalue weighted by Crippen LogP contribution is 2.32. The predicted octanol–water partition coefficient (Wildman–Crippen LogP) is 3.05. The highest BCUT2D eigenvalue weighted by molar-refractivity contribution is 8.18. The van der Waals surface area contributed by atoms with Gasteiger partial charge in [0.1, 0.15) is 12.4 Å². The summed E-state index contributed by atoms with van der Waals surface area (Å²) in [6, 6.07) is 14.2. The Hall–Kier alpha value is -3.50. The van der Waals surface area contributed by atoms with Gasteiger partial charge in [0.25, 0.3) is 17.1 Å². The van der Waals surface area contributed by atoms with Crippen molar-refractivity contribution in [2.45, 2.75) is 0 Å². The van der Waals surface area contributed by atoms with Gasteiger partial charge in [-0.15, -0.1) is 0 Å². The van der Waals surface area contributed by atoms with E-state index in [2.05, 4.69) is 0 Å². The van der Waals surface area contributed by atoms with Crippen LogP contribution in [0.3, 0.4) is 0 Å². The van der Waals surface area contributed by atoms with E-state index < -0.39 is 0 Å². The molecule has 0 aromatic heterocycles. The lowest BCUT2D eigenvalue weighted by Crippen LogP contribution is -2.42. The lowest BCUT2D eigenvalue weighted by atomic mass is 10.2. The summed E-state index contributed by atoms with van der Waals surface area (Å²) in [5.41, 5.74) is 0.743. The summed E-state index contributed by atoms with van der Waals surface area (Å²) < 4.78 is 21.8. The molecular formula is C25H26N2O7S. The van der Waals surface area contributed by atoms with Crippen LogP contribution >= 0.6 is 11.8 Å². The summed E-state index contributed by atoms with van der Waals surface area (Å²) in [5, 5.41) is -0.341. The first-order valence-electron chi connectivity index (χ1n) is 11.1. The van der Waals surface area contributed by atoms with E-state index in [1.807, 2.05) is 12.1 Å². The van der Waals surface area contributed by atoms with E-state index >= 15 is 0 Å². The molecule has 2 aromatic rings. The number of ether oxygens (including phenoxy) is 4. The van der Waals surface area contributed by atoms with E-state index in [4.69, 9.17) is 18.9 Å². The highest BCUT2D eigenvalue weighted by Gasteiger charge is 2.34. The fourth-order valence-corrected chi connectivity index (χ4v) is 4.40. The Morgan fingerprint density at radius 2 is 1.74 bits per heavy atom. The average molecular weight is 499 g/mol. The summed E-state index contributed by atoms with van der Waals surface area (Å²) in [6.07, 6.45) is 1.66. The van der Waals surface area contributed by atoms with Gasteiger partial charge in [-0.05, 0) is 47.7 Å². The maximum atomic E-state index is 12.7. The molecule has 2 aromatic carbocycles. The number of hydrogen-bond donors (Lipinski definition) is 0. The van der Waals surface area contributed by atoms with Gasteiger partial charge in [0, 0.05) is 13.1 Å². The lowest BCUT2D eigenvalue weighted by molar-refractivity contribution is -0.137. The number of imide groups is 1. The monoisotopic (exact) mass is 498 g/mol. The number of amides is 3. The van der Waals surface area contributed by atoms with E-state index in [-0.39, 0.29) is 36.8 Å². The number of para-hydroxylation sites is 2. The first-order valence-corrected chi connectivity index (χ1v) is 12.0. The van der Waals surface area contributed by atoms with Crippen LogP contribution in [0.5, 0.6) is 17.2 Å². The minimum atomic E-state index is -0.361. The van der Waals surface area contributed by atoms with E-state index in [1.54, 1.807) is 54.5 Å². The van der Waals surface area contributed by atoms with Gasteiger partial charge in [-0.25, -0.2) is 0 Å². The van der Waals surface area contributed by atoms with Crippen molar-refractivity contribution in [2.75, 3.05) is 53.2 Å². The third-order valence-electron chi connectivity index (χ3n) is 5.42. The van der Waals surface area contributed by atoms with E-state index in [0.717, 1.165) is 17.3 Å². The van der Waals surface area contributed by atoms with Crippen molar-refractivity contribution >= 4 is 34.9 Å². The van der Waals surface area contributed by atoms with Gasteiger partial charge >= 0.3 is 0 Å². The van der Waals surface area contributed by atoms with E-state index in [9.17, 15) is 14.4 Å². The number of hydrogen-bond acceptors (Lipinski definition) is 8. The Morgan fingerprint density at radius 3 is 2.46 bits per heavy atom. The molecule has 0 atom stereocenters. The molecule has 9 nitrogen and oxygen atoms in total. The summed E-state index contributed by atoms with van der Waals surface area (Å²) in [5.74, 6) is 1.23. The second-order valence-electron chi connectivity index (χ2n) is 7.68. The van der Waals surface area contributed by atoms with E-state index in [1.165, 1.54) is 4.90 Å². The van der Waals surface area contributed by atoms with Gasteiger partial charge in [0.15, 0.2) is 18.1 Å². The summed E-state index contributed by atoms with van der Waals surface area (Å²) >= 11 is 0.891. The summed E-state index contributed by atoms with van der Waals surface area (Å²) in [7, 11) is 1.55. The van der Waals surface area contributed by atoms with Crippen molar-refractivity contribution in [1.29, 1.82) is 0 Å². The topological polar surface area (TPSA) is 94.6 Å². The number of carbonyl (C=O) groups excluding carboxylic acids is 3. The molecule has 0 N–H and O–H groups in total. The smallest absolute Gasteiger partial charge is 0.293 e. The van der Waals surface area contributed by atoms with Crippen LogP contribution in [0.2, 0.25) is 0 Å². The number of rotatable bonds is 9. The minimum Gasteiger partial charge on any atom is -0.493 e. The van der Waals surface area contributed by atoms with Crippen LogP contribution in [-0.4, -0.2) is 80.0 Å². The molecule has 0 bridgehead atoms. The molecule has 10 heteroatoms. The van der Waals surface area contributed by atoms with Crippen molar-refractivity contribution in [2.24, 2.45) is 0 Å². The Bertz CT molecular complexity index is 1100. The number of benzene rings is 2. The molecule has 2 saturated heterocycles. The molecule has 0 aliphatic carbocycles. The summed E-state index contributed by atoms with van der Waals surface area (Å²) in [6.45, 7) is 2.46. The van der Waals surface area contributed by atoms with Crippen molar-refractivity contribution in [3.05, 3.63) is 59.0 Å². The maximum Gasteiger partial charge on any atom is 0.293 e. The van der Waals surface area contributed by atoms with Gasteiger partial charge < -0.3 is 23.8 Å². The van der Waals surface area contributed by atoms with Crippen LogP contribution < -0.4 is 14.2 Å². The van der Waals surface area contributed by atoms with Crippen LogP contribution in [0.25, 0.3) is 6.08 Å². The van der Waals surface area contributed by atoms with Gasteiger partial charge in [-0.1, -0.05) is 24.3 Å². The molecule has 3 amide bonds. The summed E-state index contributed by atoms with van der Waals surface area (Å²) in [4.78, 5) is 40.5. The highest BCUT2D eigenvalue weighted by atomic mass is 32.2. The van der Waals surface area contributed by atoms with Crippen molar-refractivity contribution in [3.8, 4) is 17.2 Å². The predicted molar refractivity (Wildman–Crippen MR) is 131 cm³/mol. The quantitative estimate of drug-likeness (QED) is 0.487. The minimum absolute atomic E-state index is 0.0465. The molecule has 0 saturated carbocycles. The number of methoxy groups -OCH3 is 1. The molecule has 4 rings (SSSR count). The Kier molecular flexibility index (Phi) is 8.27. The standard InChI is InChI=1S/C25H26N2O7S/c1-31-20-4-2-3-5-21(20)33-15-12-27-24(29)22(35-25(27)30)16-18-6-8-19(9-7-18)34-17-23(28)26-10-13-32-14-11-26/h2-9,16H,10-15,17H2,1H3/b22-16-. The van der Waals surface area contributed by atoms with Crippen LogP contribution in [-0.2, 0) is 14.3 Å². The van der Waals surface area contributed by atoms with Crippen LogP contribution in [0, 0.1) is 0 Å². The number of nitrogens with zero attached hydrogens (tertiary/aromatic N) is 2. The zero-order valence-electron chi connectivity index (χ0n) is 19.3. The number of thioether (sulfide) groups is 1. The van der Waals surface area contributed by atoms with Crippen LogP contribution in [0.15, 0.2) is 53.4 Å². The second kappa shape index (κ2) is 11.8. The second-order valence-corrected chi connectivity index (χ2v) is 8.68. The van der Waals surface area contributed by atoms with Gasteiger partial charge in [-0.2, -0.15) is 0 Å². The van der Waals surface area contributed by atoms with E-state index in [0.29, 0.717) is 48.5 Å². The SMILES string of the molecule is COc1ccccc1OCCN1C(=O)S/C(=C\c2ccc(OCC(=O)N3CCOCC3)cc2)C1=O. The molecular weight excluding hydrogens is 472 g/mol. The van der Waals surface area contributed by atoms with Crippen molar-refractivity contribution in [3.63, 3.8) is 0 Å². The molecule has 2 heterocycles. The first kappa shape index (κ1) is 24.6. The molecule has 35 heavy (non-hydrogen) atoms. The zero-order chi connectivity index (χ0) is 24.6. The normalized spacial score (nSPS) is 17.1. The van der Waals surface area contributed by atoms with Crippen molar-refractivity contribution < 1.29 is 33.3 Å². The Labute approximate surface area is 207 Å². The van der Waals surface area contributed by atoms with Crippen LogP contribution in [0.1, 0.15) is 5.56 Å². The average Bonchev–Trinajstić information content (AvgIpc) is 3.16. The molecule has 2 aliphatic rings. The third kappa shape index (κ3) is 6.34. The van der Waals surface area contributed by atoms with Gasteiger partial charge in [-0.3, -0.25) is 19.3 Å². The molecule has 0 radical (unpaired) electrons. The fourth-order valence-electron chi connectivity index (χ4n) is 3.54. The molecule has 2 aliphatic heterocycles. The molecule has 2 fully saturated rings. The van der Waals surface area contributed by atoms with Gasteiger partial charge in [0.05, 0.1) is 31.8 Å². The fraction of sp³-hybridized carbons (Fsp3) is 0.320. The van der Waals surface area contributed by atoms with Crippen LogP contribution in [0.4, 0.5) is 4.79 Å². The lowest BCUT2D eigenvalue weighted by Gasteiger charge is -2.26. The zero-order valence-corrected chi connectivity index (χ0v) is 20.1. The number of morpholine rings is 1. The number of carbonyl (C=O) groups is 3. The molecule has 0 unspecified atom stereocenters. The Morgan fingerprint density at radius 1 is 1.03 bits per heavy atom. The largest absolute Gasteiger partial charge is 0.493 e.